The van der Waals surface area contributed by atoms with Crippen LogP contribution in [0.3, 0.4) is 0 Å². The fraction of sp³-hybridized carbons (Fsp3) is 0.714. The summed E-state index contributed by atoms with van der Waals surface area (Å²) in [6, 6.07) is 0. The first-order valence-electron chi connectivity index (χ1n) is 7.11. The van der Waals surface area contributed by atoms with Gasteiger partial charge in [-0.2, -0.15) is 0 Å². The lowest BCUT2D eigenvalue weighted by atomic mass is 9.96. The smallest absolute Gasteiger partial charge is 0.270 e. The van der Waals surface area contributed by atoms with Crippen LogP contribution in [-0.2, 0) is 0 Å². The normalized spacial score (nSPS) is 17.8. The van der Waals surface area contributed by atoms with Gasteiger partial charge in [-0.25, -0.2) is 4.98 Å². The van der Waals surface area contributed by atoms with Crippen molar-refractivity contribution in [3.63, 3.8) is 0 Å². The average Bonchev–Trinajstić information content (AvgIpc) is 2.89. The van der Waals surface area contributed by atoms with E-state index < -0.39 is 0 Å². The van der Waals surface area contributed by atoms with Gasteiger partial charge in [-0.15, -0.1) is 36.2 Å². The number of aromatic nitrogens is 1. The molecule has 1 atom stereocenters. The third kappa shape index (κ3) is 6.51. The van der Waals surface area contributed by atoms with Gasteiger partial charge >= 0.3 is 0 Å². The van der Waals surface area contributed by atoms with E-state index in [2.05, 4.69) is 29.5 Å². The Bertz CT molecular complexity index is 420. The van der Waals surface area contributed by atoms with Gasteiger partial charge in [0.1, 0.15) is 5.69 Å². The zero-order valence-electron chi connectivity index (χ0n) is 12.6. The van der Waals surface area contributed by atoms with E-state index in [4.69, 9.17) is 0 Å². The van der Waals surface area contributed by atoms with E-state index in [-0.39, 0.29) is 30.7 Å². The zero-order chi connectivity index (χ0) is 13.7. The van der Waals surface area contributed by atoms with Crippen LogP contribution in [0.15, 0.2) is 5.38 Å². The number of carbonyl (C=O) groups is 1. The average molecular weight is 354 g/mol. The maximum atomic E-state index is 11.9. The highest BCUT2D eigenvalue weighted by Crippen LogP contribution is 2.19. The maximum Gasteiger partial charge on any atom is 0.270 e. The molecule has 2 rings (SSSR count). The van der Waals surface area contributed by atoms with Crippen LogP contribution < -0.4 is 10.6 Å². The summed E-state index contributed by atoms with van der Waals surface area (Å²) in [4.78, 5) is 16.3. The summed E-state index contributed by atoms with van der Waals surface area (Å²) in [5, 5.41) is 9.26. The quantitative estimate of drug-likeness (QED) is 0.854. The minimum absolute atomic E-state index is 0. The first-order chi connectivity index (χ1) is 9.16. The van der Waals surface area contributed by atoms with E-state index >= 15 is 0 Å². The molecule has 0 spiro atoms. The fourth-order valence-corrected chi connectivity index (χ4v) is 3.12. The van der Waals surface area contributed by atoms with Crippen LogP contribution in [0.5, 0.6) is 0 Å². The third-order valence-electron chi connectivity index (χ3n) is 3.49. The molecule has 1 aliphatic rings. The largest absolute Gasteiger partial charge is 0.351 e. The number of piperidine rings is 1. The highest BCUT2D eigenvalue weighted by Gasteiger charge is 2.15. The van der Waals surface area contributed by atoms with Gasteiger partial charge in [0.25, 0.3) is 5.91 Å². The summed E-state index contributed by atoms with van der Waals surface area (Å²) < 4.78 is 0. The summed E-state index contributed by atoms with van der Waals surface area (Å²) >= 11 is 1.57. The predicted octanol–water partition coefficient (Wildman–Crippen LogP) is 3.23. The Kier molecular flexibility index (Phi) is 10.2. The topological polar surface area (TPSA) is 54.0 Å². The Morgan fingerprint density at radius 2 is 2.29 bits per heavy atom. The summed E-state index contributed by atoms with van der Waals surface area (Å²) in [6.45, 7) is 7.16. The molecule has 0 aromatic carbocycles. The number of halogens is 2. The second-order valence-electron chi connectivity index (χ2n) is 5.48. The van der Waals surface area contributed by atoms with Gasteiger partial charge in [0.05, 0.1) is 5.01 Å². The molecule has 2 heterocycles. The van der Waals surface area contributed by atoms with E-state index in [0.29, 0.717) is 17.5 Å². The Morgan fingerprint density at radius 3 is 2.86 bits per heavy atom. The number of hydrogen-bond acceptors (Lipinski definition) is 4. The van der Waals surface area contributed by atoms with Gasteiger partial charge in [-0.3, -0.25) is 4.79 Å². The number of nitrogens with one attached hydrogen (secondary N) is 2. The number of amides is 1. The van der Waals surface area contributed by atoms with E-state index in [1.807, 2.05) is 5.38 Å². The fourth-order valence-electron chi connectivity index (χ4n) is 2.31. The number of rotatable bonds is 5. The van der Waals surface area contributed by atoms with E-state index in [1.165, 1.54) is 12.8 Å². The second kappa shape index (κ2) is 10.4. The van der Waals surface area contributed by atoms with Crippen LogP contribution in [-0.4, -0.2) is 30.5 Å². The molecule has 2 N–H and O–H groups in total. The van der Waals surface area contributed by atoms with Crippen molar-refractivity contribution < 1.29 is 4.79 Å². The van der Waals surface area contributed by atoms with Gasteiger partial charge in [0.2, 0.25) is 0 Å². The summed E-state index contributed by atoms with van der Waals surface area (Å²) in [5.74, 6) is 1.06. The van der Waals surface area contributed by atoms with Crippen molar-refractivity contribution in [1.82, 2.24) is 15.6 Å². The van der Waals surface area contributed by atoms with Crippen molar-refractivity contribution in [3.05, 3.63) is 16.1 Å². The first kappa shape index (κ1) is 20.6. The van der Waals surface area contributed by atoms with Crippen molar-refractivity contribution in [1.29, 1.82) is 0 Å². The molecule has 4 nitrogen and oxygen atoms in total. The SMILES string of the molecule is CC(C)c1nc(C(=O)NCCC2CCCNC2)cs1.Cl.Cl. The van der Waals surface area contributed by atoms with E-state index in [1.54, 1.807) is 11.3 Å². The molecule has 7 heteroatoms. The molecular weight excluding hydrogens is 329 g/mol. The molecule has 1 aliphatic heterocycles. The van der Waals surface area contributed by atoms with Crippen LogP contribution in [0.4, 0.5) is 0 Å². The molecule has 1 unspecified atom stereocenters. The van der Waals surface area contributed by atoms with Crippen LogP contribution >= 0.6 is 36.2 Å². The minimum Gasteiger partial charge on any atom is -0.351 e. The Morgan fingerprint density at radius 1 is 1.52 bits per heavy atom. The maximum absolute atomic E-state index is 11.9. The Labute approximate surface area is 143 Å². The lowest BCUT2D eigenvalue weighted by Gasteiger charge is -2.22. The summed E-state index contributed by atoms with van der Waals surface area (Å²) in [6.07, 6.45) is 3.58. The van der Waals surface area contributed by atoms with Gasteiger partial charge in [-0.05, 0) is 38.3 Å². The van der Waals surface area contributed by atoms with Gasteiger partial charge in [-0.1, -0.05) is 13.8 Å². The van der Waals surface area contributed by atoms with Gasteiger partial charge in [0.15, 0.2) is 0 Å². The van der Waals surface area contributed by atoms with Crippen molar-refractivity contribution in [2.24, 2.45) is 5.92 Å². The minimum atomic E-state index is -0.0353. The lowest BCUT2D eigenvalue weighted by molar-refractivity contribution is 0.0946. The number of nitrogens with zero attached hydrogens (tertiary/aromatic N) is 1. The lowest BCUT2D eigenvalue weighted by Crippen LogP contribution is -2.33. The first-order valence-corrected chi connectivity index (χ1v) is 7.99. The van der Waals surface area contributed by atoms with Crippen molar-refractivity contribution in [2.45, 2.75) is 39.0 Å². The van der Waals surface area contributed by atoms with E-state index in [9.17, 15) is 4.79 Å². The summed E-state index contributed by atoms with van der Waals surface area (Å²) in [5.41, 5.74) is 0.565. The zero-order valence-corrected chi connectivity index (χ0v) is 15.0. The van der Waals surface area contributed by atoms with Gasteiger partial charge < -0.3 is 10.6 Å². The number of thiazole rings is 1. The molecule has 1 fully saturated rings. The molecular formula is C14H25Cl2N3OS. The number of carbonyl (C=O) groups excluding carboxylic acids is 1. The summed E-state index contributed by atoms with van der Waals surface area (Å²) in [7, 11) is 0. The molecule has 0 radical (unpaired) electrons. The monoisotopic (exact) mass is 353 g/mol. The van der Waals surface area contributed by atoms with Crippen molar-refractivity contribution in [3.8, 4) is 0 Å². The van der Waals surface area contributed by atoms with Crippen LogP contribution in [0, 0.1) is 5.92 Å². The number of hydrogen-bond donors (Lipinski definition) is 2. The van der Waals surface area contributed by atoms with Crippen LogP contribution in [0.1, 0.15) is 54.5 Å². The highest BCUT2D eigenvalue weighted by molar-refractivity contribution is 7.09. The molecule has 0 bridgehead atoms. The van der Waals surface area contributed by atoms with E-state index in [0.717, 1.165) is 31.1 Å². The highest BCUT2D eigenvalue weighted by atomic mass is 35.5. The molecule has 0 aliphatic carbocycles. The second-order valence-corrected chi connectivity index (χ2v) is 6.37. The van der Waals surface area contributed by atoms with Crippen molar-refractivity contribution >= 4 is 42.1 Å². The molecule has 0 saturated carbocycles. The third-order valence-corrected chi connectivity index (χ3v) is 4.63. The Balaban J connectivity index is 0.00000200. The molecule has 1 amide bonds. The van der Waals surface area contributed by atoms with Crippen LogP contribution in [0.25, 0.3) is 0 Å². The van der Waals surface area contributed by atoms with Gasteiger partial charge in [0, 0.05) is 17.8 Å². The van der Waals surface area contributed by atoms with Crippen molar-refractivity contribution in [2.75, 3.05) is 19.6 Å². The van der Waals surface area contributed by atoms with Crippen LogP contribution in [0.2, 0.25) is 0 Å². The molecule has 1 aromatic rings. The Hall–Kier alpha value is -0.360. The molecule has 21 heavy (non-hydrogen) atoms. The molecule has 1 saturated heterocycles. The molecule has 1 aromatic heterocycles. The standard InChI is InChI=1S/C14H23N3OS.2ClH/c1-10(2)14-17-12(9-19-14)13(18)16-7-5-11-4-3-6-15-8-11;;/h9-11,15H,3-8H2,1-2H3,(H,16,18);2*1H. The molecule has 122 valence electrons. The predicted molar refractivity (Wildman–Crippen MR) is 93.2 cm³/mol.